The second kappa shape index (κ2) is 6.74. The van der Waals surface area contributed by atoms with Gasteiger partial charge in [-0.15, -0.1) is 11.3 Å². The first kappa shape index (κ1) is 14.1. The van der Waals surface area contributed by atoms with Gasteiger partial charge in [0.25, 0.3) is 0 Å². The molecule has 0 atom stereocenters. The van der Waals surface area contributed by atoms with Gasteiger partial charge in [0, 0.05) is 27.8 Å². The number of rotatable bonds is 6. The molecule has 0 bridgehead atoms. The van der Waals surface area contributed by atoms with Gasteiger partial charge in [-0.2, -0.15) is 0 Å². The molecule has 3 rings (SSSR count). The number of nitrogens with one attached hydrogen (secondary N) is 1. The monoisotopic (exact) mass is 351 g/mol. The van der Waals surface area contributed by atoms with Crippen molar-refractivity contribution in [2.75, 3.05) is 13.2 Å². The molecule has 0 saturated heterocycles. The van der Waals surface area contributed by atoms with Crippen LogP contribution in [0.1, 0.15) is 22.4 Å². The van der Waals surface area contributed by atoms with E-state index in [-0.39, 0.29) is 0 Å². The van der Waals surface area contributed by atoms with Crippen LogP contribution in [0.2, 0.25) is 0 Å². The summed E-state index contributed by atoms with van der Waals surface area (Å²) in [5.74, 6) is 1.01. The van der Waals surface area contributed by atoms with E-state index in [1.165, 1.54) is 35.3 Å². The standard InChI is InChI=1S/C16H18BrNOS/c17-14-9-16(20-11-14)10-18-6-7-19-15-5-4-12-2-1-3-13(12)8-15/h4-5,8-9,11,18H,1-3,6-7,10H2. The summed E-state index contributed by atoms with van der Waals surface area (Å²) in [6.07, 6.45) is 3.72. The summed E-state index contributed by atoms with van der Waals surface area (Å²) in [4.78, 5) is 1.34. The molecule has 1 heterocycles. The Bertz CT molecular complexity index is 582. The maximum absolute atomic E-state index is 5.81. The predicted molar refractivity (Wildman–Crippen MR) is 87.7 cm³/mol. The van der Waals surface area contributed by atoms with Gasteiger partial charge in [-0.05, 0) is 64.5 Å². The van der Waals surface area contributed by atoms with Crippen LogP contribution in [-0.2, 0) is 19.4 Å². The van der Waals surface area contributed by atoms with Crippen LogP contribution in [0.4, 0.5) is 0 Å². The van der Waals surface area contributed by atoms with E-state index in [1.807, 2.05) is 0 Å². The molecule has 1 N–H and O–H groups in total. The van der Waals surface area contributed by atoms with Gasteiger partial charge >= 0.3 is 0 Å². The fraction of sp³-hybridized carbons (Fsp3) is 0.375. The third kappa shape index (κ3) is 3.62. The van der Waals surface area contributed by atoms with Gasteiger partial charge in [-0.3, -0.25) is 0 Å². The third-order valence-electron chi connectivity index (χ3n) is 3.54. The zero-order valence-corrected chi connectivity index (χ0v) is 13.7. The van der Waals surface area contributed by atoms with Crippen molar-refractivity contribution in [3.05, 3.63) is 50.1 Å². The van der Waals surface area contributed by atoms with Crippen molar-refractivity contribution in [2.24, 2.45) is 0 Å². The molecule has 1 aliphatic carbocycles. The van der Waals surface area contributed by atoms with Crippen molar-refractivity contribution < 1.29 is 4.74 Å². The highest BCUT2D eigenvalue weighted by molar-refractivity contribution is 9.10. The Hall–Kier alpha value is -0.840. The Morgan fingerprint density at radius 1 is 1.20 bits per heavy atom. The number of aryl methyl sites for hydroxylation is 2. The summed E-state index contributed by atoms with van der Waals surface area (Å²) in [7, 11) is 0. The molecule has 2 nitrogen and oxygen atoms in total. The fourth-order valence-corrected chi connectivity index (χ4v) is 3.96. The first-order valence-electron chi connectivity index (χ1n) is 6.99. The molecule has 0 unspecified atom stereocenters. The maximum atomic E-state index is 5.81. The van der Waals surface area contributed by atoms with Crippen LogP contribution in [0.25, 0.3) is 0 Å². The van der Waals surface area contributed by atoms with E-state index in [9.17, 15) is 0 Å². The second-order valence-electron chi connectivity index (χ2n) is 5.04. The van der Waals surface area contributed by atoms with Gasteiger partial charge < -0.3 is 10.1 Å². The quantitative estimate of drug-likeness (QED) is 0.788. The maximum Gasteiger partial charge on any atom is 0.119 e. The normalized spacial score (nSPS) is 13.4. The highest BCUT2D eigenvalue weighted by atomic mass is 79.9. The first-order chi connectivity index (χ1) is 9.81. The molecule has 0 radical (unpaired) electrons. The molecule has 4 heteroatoms. The van der Waals surface area contributed by atoms with Crippen molar-refractivity contribution in [3.8, 4) is 5.75 Å². The van der Waals surface area contributed by atoms with Crippen LogP contribution in [0, 0.1) is 0 Å². The zero-order chi connectivity index (χ0) is 13.8. The van der Waals surface area contributed by atoms with E-state index in [0.717, 1.165) is 23.3 Å². The average Bonchev–Trinajstić information content (AvgIpc) is 3.06. The van der Waals surface area contributed by atoms with Gasteiger partial charge in [0.2, 0.25) is 0 Å². The van der Waals surface area contributed by atoms with Crippen LogP contribution < -0.4 is 10.1 Å². The van der Waals surface area contributed by atoms with Crippen molar-refractivity contribution in [3.63, 3.8) is 0 Å². The number of hydrogen-bond acceptors (Lipinski definition) is 3. The molecule has 0 aliphatic heterocycles. The summed E-state index contributed by atoms with van der Waals surface area (Å²) in [5.41, 5.74) is 2.97. The van der Waals surface area contributed by atoms with E-state index in [4.69, 9.17) is 4.74 Å². The summed E-state index contributed by atoms with van der Waals surface area (Å²) < 4.78 is 6.97. The number of thiophene rings is 1. The predicted octanol–water partition coefficient (Wildman–Crippen LogP) is 4.17. The number of benzene rings is 1. The zero-order valence-electron chi connectivity index (χ0n) is 11.3. The van der Waals surface area contributed by atoms with Crippen LogP contribution in [0.15, 0.2) is 34.1 Å². The SMILES string of the molecule is Brc1csc(CNCCOc2ccc3c(c2)CCC3)c1. The van der Waals surface area contributed by atoms with E-state index < -0.39 is 0 Å². The lowest BCUT2D eigenvalue weighted by molar-refractivity contribution is 0.313. The lowest BCUT2D eigenvalue weighted by Crippen LogP contribution is -2.20. The highest BCUT2D eigenvalue weighted by Crippen LogP contribution is 2.25. The molecule has 20 heavy (non-hydrogen) atoms. The van der Waals surface area contributed by atoms with Crippen LogP contribution >= 0.6 is 27.3 Å². The van der Waals surface area contributed by atoms with E-state index >= 15 is 0 Å². The minimum Gasteiger partial charge on any atom is -0.492 e. The van der Waals surface area contributed by atoms with Crippen molar-refractivity contribution in [1.82, 2.24) is 5.32 Å². The molecule has 1 aliphatic rings. The lowest BCUT2D eigenvalue weighted by Gasteiger charge is -2.08. The smallest absolute Gasteiger partial charge is 0.119 e. The average molecular weight is 352 g/mol. The number of ether oxygens (including phenoxy) is 1. The molecule has 1 aromatic heterocycles. The van der Waals surface area contributed by atoms with Gasteiger partial charge in [0.1, 0.15) is 12.4 Å². The largest absolute Gasteiger partial charge is 0.492 e. The van der Waals surface area contributed by atoms with Gasteiger partial charge in [-0.25, -0.2) is 0 Å². The Morgan fingerprint density at radius 3 is 2.95 bits per heavy atom. The Labute approximate surface area is 132 Å². The van der Waals surface area contributed by atoms with E-state index in [2.05, 4.69) is 50.9 Å². The molecular formula is C16H18BrNOS. The van der Waals surface area contributed by atoms with Gasteiger partial charge in [-0.1, -0.05) is 6.07 Å². The minimum atomic E-state index is 0.714. The molecule has 106 valence electrons. The van der Waals surface area contributed by atoms with Crippen molar-refractivity contribution in [2.45, 2.75) is 25.8 Å². The van der Waals surface area contributed by atoms with E-state index in [1.54, 1.807) is 11.3 Å². The Kier molecular flexibility index (Phi) is 4.76. The molecule has 1 aromatic carbocycles. The molecule has 0 fully saturated rings. The van der Waals surface area contributed by atoms with Crippen molar-refractivity contribution in [1.29, 1.82) is 0 Å². The minimum absolute atomic E-state index is 0.714. The van der Waals surface area contributed by atoms with E-state index in [0.29, 0.717) is 6.61 Å². The molecule has 2 aromatic rings. The molecular weight excluding hydrogens is 334 g/mol. The summed E-state index contributed by atoms with van der Waals surface area (Å²) in [5, 5.41) is 5.51. The lowest BCUT2D eigenvalue weighted by atomic mass is 10.1. The summed E-state index contributed by atoms with van der Waals surface area (Å²) in [6, 6.07) is 8.67. The highest BCUT2D eigenvalue weighted by Gasteiger charge is 2.10. The number of halogens is 1. The van der Waals surface area contributed by atoms with Crippen LogP contribution in [-0.4, -0.2) is 13.2 Å². The molecule has 0 amide bonds. The summed E-state index contributed by atoms with van der Waals surface area (Å²) in [6.45, 7) is 2.49. The Morgan fingerprint density at radius 2 is 2.10 bits per heavy atom. The summed E-state index contributed by atoms with van der Waals surface area (Å²) >= 11 is 5.23. The Balaban J connectivity index is 1.39. The fourth-order valence-electron chi connectivity index (χ4n) is 2.54. The van der Waals surface area contributed by atoms with Crippen LogP contribution in [0.3, 0.4) is 0 Å². The first-order valence-corrected chi connectivity index (χ1v) is 8.67. The topological polar surface area (TPSA) is 21.3 Å². The third-order valence-corrected chi connectivity index (χ3v) is 5.24. The van der Waals surface area contributed by atoms with Crippen LogP contribution in [0.5, 0.6) is 5.75 Å². The van der Waals surface area contributed by atoms with Crippen molar-refractivity contribution >= 4 is 27.3 Å². The second-order valence-corrected chi connectivity index (χ2v) is 6.95. The number of fused-ring (bicyclic) bond motifs is 1. The van der Waals surface area contributed by atoms with Gasteiger partial charge in [0.05, 0.1) is 0 Å². The number of hydrogen-bond donors (Lipinski definition) is 1. The molecule has 0 spiro atoms. The van der Waals surface area contributed by atoms with Gasteiger partial charge in [0.15, 0.2) is 0 Å². The molecule has 0 saturated carbocycles.